The van der Waals surface area contributed by atoms with Crippen molar-refractivity contribution in [2.75, 3.05) is 26.8 Å². The Hall–Kier alpha value is -1.59. The Morgan fingerprint density at radius 1 is 1.35 bits per heavy atom. The normalized spacial score (nSPS) is 10.9. The van der Waals surface area contributed by atoms with Crippen molar-refractivity contribution in [3.63, 3.8) is 0 Å². The van der Waals surface area contributed by atoms with Crippen molar-refractivity contribution in [2.24, 2.45) is 0 Å². The molecule has 5 nitrogen and oxygen atoms in total. The van der Waals surface area contributed by atoms with E-state index in [1.807, 2.05) is 12.1 Å². The zero-order chi connectivity index (χ0) is 11.9. The van der Waals surface area contributed by atoms with E-state index in [1.54, 1.807) is 19.6 Å². The first kappa shape index (κ1) is 11.9. The van der Waals surface area contributed by atoms with Crippen LogP contribution in [-0.2, 0) is 11.2 Å². The molecule has 0 aromatic carbocycles. The number of hydrogen-bond acceptors (Lipinski definition) is 5. The van der Waals surface area contributed by atoms with Gasteiger partial charge in [0.1, 0.15) is 0 Å². The molecule has 0 amide bonds. The molecule has 0 aliphatic carbocycles. The molecule has 0 atom stereocenters. The van der Waals surface area contributed by atoms with Gasteiger partial charge in [0.15, 0.2) is 17.4 Å². The molecule has 1 N–H and O–H groups in total. The number of oxazole rings is 1. The van der Waals surface area contributed by atoms with Crippen molar-refractivity contribution in [3.8, 4) is 11.5 Å². The van der Waals surface area contributed by atoms with Crippen LogP contribution in [0.4, 0.5) is 0 Å². The summed E-state index contributed by atoms with van der Waals surface area (Å²) in [7, 11) is 1.69. The molecule has 5 heteroatoms. The van der Waals surface area contributed by atoms with E-state index in [0.29, 0.717) is 24.0 Å². The van der Waals surface area contributed by atoms with Crippen LogP contribution in [0.3, 0.4) is 0 Å². The zero-order valence-corrected chi connectivity index (χ0v) is 9.81. The van der Waals surface area contributed by atoms with E-state index < -0.39 is 0 Å². The number of furan rings is 1. The molecule has 0 fully saturated rings. The van der Waals surface area contributed by atoms with Crippen molar-refractivity contribution >= 4 is 0 Å². The lowest BCUT2D eigenvalue weighted by molar-refractivity contribution is 0.199. The van der Waals surface area contributed by atoms with E-state index in [9.17, 15) is 0 Å². The minimum atomic E-state index is 0.668. The van der Waals surface area contributed by atoms with Crippen LogP contribution >= 0.6 is 0 Å². The summed E-state index contributed by atoms with van der Waals surface area (Å²) in [5.74, 6) is 2.08. The predicted octanol–water partition coefficient (Wildman–Crippen LogP) is 1.71. The van der Waals surface area contributed by atoms with E-state index in [0.717, 1.165) is 19.5 Å². The third-order valence-electron chi connectivity index (χ3n) is 2.32. The maximum absolute atomic E-state index is 5.56. The highest BCUT2D eigenvalue weighted by Crippen LogP contribution is 2.20. The Morgan fingerprint density at radius 3 is 3.06 bits per heavy atom. The summed E-state index contributed by atoms with van der Waals surface area (Å²) in [5.41, 5.74) is 0. The van der Waals surface area contributed by atoms with Crippen molar-refractivity contribution in [1.29, 1.82) is 0 Å². The van der Waals surface area contributed by atoms with E-state index in [4.69, 9.17) is 13.6 Å². The van der Waals surface area contributed by atoms with Crippen LogP contribution in [0.1, 0.15) is 5.89 Å². The van der Waals surface area contributed by atoms with Crippen molar-refractivity contribution < 1.29 is 13.6 Å². The average Bonchev–Trinajstić information content (AvgIpc) is 2.99. The van der Waals surface area contributed by atoms with Crippen LogP contribution < -0.4 is 5.32 Å². The fourth-order valence-electron chi connectivity index (χ4n) is 1.45. The number of hydrogen-bond donors (Lipinski definition) is 1. The number of nitrogens with one attached hydrogen (secondary N) is 1. The second-order valence-corrected chi connectivity index (χ2v) is 3.59. The smallest absolute Gasteiger partial charge is 0.196 e. The molecular weight excluding hydrogens is 220 g/mol. The van der Waals surface area contributed by atoms with Crippen LogP contribution in [0.15, 0.2) is 33.4 Å². The zero-order valence-electron chi connectivity index (χ0n) is 9.81. The largest absolute Gasteiger partial charge is 0.461 e. The van der Waals surface area contributed by atoms with Crippen molar-refractivity contribution in [1.82, 2.24) is 10.3 Å². The lowest BCUT2D eigenvalue weighted by atomic mass is 10.4. The first-order valence-corrected chi connectivity index (χ1v) is 5.58. The molecule has 0 aliphatic heterocycles. The quantitative estimate of drug-likeness (QED) is 0.741. The van der Waals surface area contributed by atoms with E-state index >= 15 is 0 Å². The summed E-state index contributed by atoms with van der Waals surface area (Å²) in [6.45, 7) is 2.37. The molecule has 2 aromatic heterocycles. The van der Waals surface area contributed by atoms with Gasteiger partial charge in [-0.3, -0.25) is 0 Å². The summed E-state index contributed by atoms with van der Waals surface area (Å²) in [4.78, 5) is 4.19. The second kappa shape index (κ2) is 6.22. The van der Waals surface area contributed by atoms with Gasteiger partial charge in [0.2, 0.25) is 0 Å². The highest BCUT2D eigenvalue weighted by Gasteiger charge is 2.07. The van der Waals surface area contributed by atoms with Gasteiger partial charge < -0.3 is 18.9 Å². The van der Waals surface area contributed by atoms with Gasteiger partial charge in [0.25, 0.3) is 0 Å². The standard InChI is InChI=1S/C12H16N2O3/c1-15-8-6-13-5-4-12-14-9-11(17-12)10-3-2-7-16-10/h2-3,7,9,13H,4-6,8H2,1H3. The topological polar surface area (TPSA) is 60.4 Å². The summed E-state index contributed by atoms with van der Waals surface area (Å²) in [6.07, 6.45) is 4.05. The second-order valence-electron chi connectivity index (χ2n) is 3.59. The minimum absolute atomic E-state index is 0.668. The van der Waals surface area contributed by atoms with Crippen molar-refractivity contribution in [3.05, 3.63) is 30.5 Å². The molecule has 0 saturated heterocycles. The number of ether oxygens (including phenoxy) is 1. The van der Waals surface area contributed by atoms with Crippen LogP contribution in [0, 0.1) is 0 Å². The molecule has 92 valence electrons. The van der Waals surface area contributed by atoms with Gasteiger partial charge in [-0.15, -0.1) is 0 Å². The molecule has 0 saturated carbocycles. The Morgan fingerprint density at radius 2 is 2.29 bits per heavy atom. The highest BCUT2D eigenvalue weighted by atomic mass is 16.5. The van der Waals surface area contributed by atoms with Gasteiger partial charge in [-0.1, -0.05) is 0 Å². The van der Waals surface area contributed by atoms with Crippen LogP contribution in [0.25, 0.3) is 11.5 Å². The number of rotatable bonds is 7. The summed E-state index contributed by atoms with van der Waals surface area (Å²) in [6, 6.07) is 3.67. The maximum Gasteiger partial charge on any atom is 0.196 e. The molecule has 0 spiro atoms. The first-order valence-electron chi connectivity index (χ1n) is 5.58. The molecule has 2 aromatic rings. The average molecular weight is 236 g/mol. The Kier molecular flexibility index (Phi) is 4.35. The predicted molar refractivity (Wildman–Crippen MR) is 62.7 cm³/mol. The van der Waals surface area contributed by atoms with Crippen LogP contribution in [-0.4, -0.2) is 31.8 Å². The van der Waals surface area contributed by atoms with E-state index in [1.165, 1.54) is 0 Å². The van der Waals surface area contributed by atoms with E-state index in [-0.39, 0.29) is 0 Å². The molecule has 2 rings (SSSR count). The van der Waals surface area contributed by atoms with Gasteiger partial charge in [-0.2, -0.15) is 0 Å². The Bertz CT molecular complexity index is 423. The SMILES string of the molecule is COCCNCCc1ncc(-c2ccco2)o1. The van der Waals surface area contributed by atoms with Crippen LogP contribution in [0.2, 0.25) is 0 Å². The van der Waals surface area contributed by atoms with Gasteiger partial charge in [-0.05, 0) is 12.1 Å². The Labute approximate surface area is 99.8 Å². The first-order chi connectivity index (χ1) is 8.40. The van der Waals surface area contributed by atoms with Gasteiger partial charge in [-0.25, -0.2) is 4.98 Å². The van der Waals surface area contributed by atoms with E-state index in [2.05, 4.69) is 10.3 Å². The maximum atomic E-state index is 5.56. The Balaban J connectivity index is 1.79. The third kappa shape index (κ3) is 3.44. The summed E-state index contributed by atoms with van der Waals surface area (Å²) in [5, 5.41) is 3.23. The highest BCUT2D eigenvalue weighted by molar-refractivity contribution is 5.47. The lowest BCUT2D eigenvalue weighted by Gasteiger charge is -2.00. The number of nitrogens with zero attached hydrogens (tertiary/aromatic N) is 1. The van der Waals surface area contributed by atoms with Crippen molar-refractivity contribution in [2.45, 2.75) is 6.42 Å². The van der Waals surface area contributed by atoms with Gasteiger partial charge in [0, 0.05) is 26.6 Å². The third-order valence-corrected chi connectivity index (χ3v) is 2.32. The summed E-state index contributed by atoms with van der Waals surface area (Å²) < 4.78 is 15.7. The van der Waals surface area contributed by atoms with Crippen LogP contribution in [0.5, 0.6) is 0 Å². The molecule has 17 heavy (non-hydrogen) atoms. The molecule has 0 unspecified atom stereocenters. The van der Waals surface area contributed by atoms with Gasteiger partial charge >= 0.3 is 0 Å². The molecule has 0 bridgehead atoms. The summed E-state index contributed by atoms with van der Waals surface area (Å²) >= 11 is 0. The molecular formula is C12H16N2O3. The van der Waals surface area contributed by atoms with Gasteiger partial charge in [0.05, 0.1) is 19.1 Å². The monoisotopic (exact) mass is 236 g/mol. The molecule has 2 heterocycles. The minimum Gasteiger partial charge on any atom is -0.461 e. The fraction of sp³-hybridized carbons (Fsp3) is 0.417. The number of methoxy groups -OCH3 is 1. The fourth-order valence-corrected chi connectivity index (χ4v) is 1.45. The number of aromatic nitrogens is 1. The lowest BCUT2D eigenvalue weighted by Crippen LogP contribution is -2.21. The molecule has 0 radical (unpaired) electrons. The molecule has 0 aliphatic rings.